The molecule has 5 nitrogen and oxygen atoms in total. The van der Waals surface area contributed by atoms with E-state index < -0.39 is 0 Å². The van der Waals surface area contributed by atoms with E-state index in [2.05, 4.69) is 81.3 Å². The summed E-state index contributed by atoms with van der Waals surface area (Å²) in [4.78, 5) is 9.98. The van der Waals surface area contributed by atoms with Crippen molar-refractivity contribution in [2.75, 3.05) is 42.9 Å². The molecule has 5 heteroatoms. The average Bonchev–Trinajstić information content (AvgIpc) is 3.15. The second-order valence-corrected chi connectivity index (χ2v) is 9.30. The highest BCUT2D eigenvalue weighted by molar-refractivity contribution is 5.78. The van der Waals surface area contributed by atoms with Crippen molar-refractivity contribution in [2.45, 2.75) is 38.1 Å². The third kappa shape index (κ3) is 4.72. The molecule has 1 aliphatic heterocycles. The van der Waals surface area contributed by atoms with Gasteiger partial charge in [-0.25, -0.2) is 4.98 Å². The van der Waals surface area contributed by atoms with Crippen LogP contribution in [0.5, 0.6) is 0 Å². The minimum Gasteiger partial charge on any atom is -0.369 e. The number of aryl methyl sites for hydroxylation is 1. The van der Waals surface area contributed by atoms with E-state index in [9.17, 15) is 0 Å². The number of hydrogen-bond donors (Lipinski definition) is 1. The molecular formula is C26H35N5. The molecule has 2 aliphatic rings. The van der Waals surface area contributed by atoms with Gasteiger partial charge in [0.1, 0.15) is 0 Å². The zero-order valence-corrected chi connectivity index (χ0v) is 18.7. The van der Waals surface area contributed by atoms with E-state index in [1.54, 1.807) is 0 Å². The van der Waals surface area contributed by atoms with Crippen LogP contribution in [0.4, 0.5) is 11.6 Å². The highest BCUT2D eigenvalue weighted by Crippen LogP contribution is 2.30. The Labute approximate surface area is 186 Å². The monoisotopic (exact) mass is 417 g/mol. The first-order valence-electron chi connectivity index (χ1n) is 12.0. The smallest absolute Gasteiger partial charge is 0.203 e. The Bertz CT molecular complexity index is 966. The summed E-state index contributed by atoms with van der Waals surface area (Å²) in [6.45, 7) is 5.95. The van der Waals surface area contributed by atoms with Crippen molar-refractivity contribution in [1.29, 1.82) is 0 Å². The lowest BCUT2D eigenvalue weighted by atomic mass is 9.84. The van der Waals surface area contributed by atoms with Gasteiger partial charge in [0.2, 0.25) is 5.95 Å². The van der Waals surface area contributed by atoms with Gasteiger partial charge in [-0.2, -0.15) is 0 Å². The normalized spacial score (nSPS) is 22.7. The van der Waals surface area contributed by atoms with Gasteiger partial charge in [-0.1, -0.05) is 30.3 Å². The number of fused-ring (bicyclic) bond motifs is 1. The van der Waals surface area contributed by atoms with Crippen molar-refractivity contribution >= 4 is 22.7 Å². The minimum atomic E-state index is 0.557. The van der Waals surface area contributed by atoms with Crippen LogP contribution in [0.3, 0.4) is 0 Å². The molecule has 1 N–H and O–H groups in total. The molecule has 0 bridgehead atoms. The van der Waals surface area contributed by atoms with Gasteiger partial charge >= 0.3 is 0 Å². The largest absolute Gasteiger partial charge is 0.369 e. The van der Waals surface area contributed by atoms with Crippen molar-refractivity contribution in [2.24, 2.45) is 13.0 Å². The average molecular weight is 418 g/mol. The van der Waals surface area contributed by atoms with E-state index in [0.29, 0.717) is 6.04 Å². The van der Waals surface area contributed by atoms with Gasteiger partial charge in [-0.15, -0.1) is 0 Å². The summed E-state index contributed by atoms with van der Waals surface area (Å²) in [5.41, 5.74) is 3.65. The van der Waals surface area contributed by atoms with E-state index >= 15 is 0 Å². The fourth-order valence-electron chi connectivity index (χ4n) is 5.29. The summed E-state index contributed by atoms with van der Waals surface area (Å²) in [5, 5.41) is 3.72. The number of piperazine rings is 1. The molecule has 0 amide bonds. The van der Waals surface area contributed by atoms with Gasteiger partial charge in [-0.05, 0) is 68.8 Å². The number of rotatable bonds is 6. The van der Waals surface area contributed by atoms with Crippen LogP contribution < -0.4 is 10.2 Å². The van der Waals surface area contributed by atoms with Crippen LogP contribution in [-0.2, 0) is 7.05 Å². The van der Waals surface area contributed by atoms with Crippen molar-refractivity contribution in [1.82, 2.24) is 14.5 Å². The van der Waals surface area contributed by atoms with E-state index in [1.807, 2.05) is 0 Å². The summed E-state index contributed by atoms with van der Waals surface area (Å²) < 4.78 is 2.19. The molecule has 3 aromatic rings. The standard InChI is InChI=1S/C26H35N5/c1-29-25-10-6-5-9-24(25)28-26(29)27-22-13-11-21(12-14-22)15-16-30-17-19-31(20-18-30)23-7-3-2-4-8-23/h2-10,21-22H,11-20H2,1H3,(H,27,28)/t21-,22+. The molecule has 0 atom stereocenters. The third-order valence-corrected chi connectivity index (χ3v) is 7.31. The number of nitrogens with zero attached hydrogens (tertiary/aromatic N) is 4. The Balaban J connectivity index is 1.04. The first-order valence-corrected chi connectivity index (χ1v) is 12.0. The highest BCUT2D eigenvalue weighted by atomic mass is 15.3. The molecular weight excluding hydrogens is 382 g/mol. The van der Waals surface area contributed by atoms with Gasteiger partial charge in [-0.3, -0.25) is 4.90 Å². The molecule has 2 heterocycles. The van der Waals surface area contributed by atoms with E-state index in [0.717, 1.165) is 30.5 Å². The highest BCUT2D eigenvalue weighted by Gasteiger charge is 2.24. The van der Waals surface area contributed by atoms with Crippen LogP contribution in [0.15, 0.2) is 54.6 Å². The van der Waals surface area contributed by atoms with Gasteiger partial charge in [0.25, 0.3) is 0 Å². The van der Waals surface area contributed by atoms with Gasteiger partial charge in [0, 0.05) is 45.0 Å². The van der Waals surface area contributed by atoms with Crippen LogP contribution in [0.25, 0.3) is 11.0 Å². The Morgan fingerprint density at radius 3 is 2.32 bits per heavy atom. The molecule has 0 unspecified atom stereocenters. The zero-order chi connectivity index (χ0) is 21.0. The molecule has 0 radical (unpaired) electrons. The maximum absolute atomic E-state index is 4.79. The molecule has 1 aliphatic carbocycles. The summed E-state index contributed by atoms with van der Waals surface area (Å²) in [7, 11) is 2.11. The first-order chi connectivity index (χ1) is 15.3. The van der Waals surface area contributed by atoms with Crippen LogP contribution in [0.2, 0.25) is 0 Å². The fourth-order valence-corrected chi connectivity index (χ4v) is 5.29. The van der Waals surface area contributed by atoms with Gasteiger partial charge < -0.3 is 14.8 Å². The predicted octanol–water partition coefficient (Wildman–Crippen LogP) is 4.76. The quantitative estimate of drug-likeness (QED) is 0.628. The molecule has 2 aromatic carbocycles. The van der Waals surface area contributed by atoms with Gasteiger partial charge in [0.15, 0.2) is 0 Å². The molecule has 5 rings (SSSR count). The number of hydrogen-bond acceptors (Lipinski definition) is 4. The second-order valence-electron chi connectivity index (χ2n) is 9.30. The van der Waals surface area contributed by atoms with E-state index in [-0.39, 0.29) is 0 Å². The van der Waals surface area contributed by atoms with Crippen LogP contribution in [-0.4, -0.2) is 53.2 Å². The van der Waals surface area contributed by atoms with Crippen molar-refractivity contribution in [3.05, 3.63) is 54.6 Å². The second kappa shape index (κ2) is 9.31. The van der Waals surface area contributed by atoms with Crippen LogP contribution >= 0.6 is 0 Å². The maximum atomic E-state index is 4.79. The minimum absolute atomic E-state index is 0.557. The Morgan fingerprint density at radius 1 is 0.871 bits per heavy atom. The third-order valence-electron chi connectivity index (χ3n) is 7.31. The zero-order valence-electron chi connectivity index (χ0n) is 18.7. The number of aromatic nitrogens is 2. The Kier molecular flexibility index (Phi) is 6.12. The van der Waals surface area contributed by atoms with Crippen molar-refractivity contribution in [3.8, 4) is 0 Å². The lowest BCUT2D eigenvalue weighted by Gasteiger charge is -2.37. The first kappa shape index (κ1) is 20.4. The lowest BCUT2D eigenvalue weighted by molar-refractivity contribution is 0.218. The van der Waals surface area contributed by atoms with Crippen LogP contribution in [0.1, 0.15) is 32.1 Å². The topological polar surface area (TPSA) is 36.3 Å². The van der Waals surface area contributed by atoms with E-state index in [1.165, 1.54) is 62.9 Å². The summed E-state index contributed by atoms with van der Waals surface area (Å²) in [5.74, 6) is 1.89. The fraction of sp³-hybridized carbons (Fsp3) is 0.500. The number of benzene rings is 2. The molecule has 164 valence electrons. The molecule has 1 saturated heterocycles. The number of anilines is 2. The number of nitrogens with one attached hydrogen (secondary N) is 1. The molecule has 2 fully saturated rings. The maximum Gasteiger partial charge on any atom is 0.203 e. The molecule has 1 saturated carbocycles. The van der Waals surface area contributed by atoms with Crippen LogP contribution in [0, 0.1) is 5.92 Å². The lowest BCUT2D eigenvalue weighted by Crippen LogP contribution is -2.47. The summed E-state index contributed by atoms with van der Waals surface area (Å²) in [6, 6.07) is 19.8. The molecule has 0 spiro atoms. The number of para-hydroxylation sites is 3. The van der Waals surface area contributed by atoms with Gasteiger partial charge in [0.05, 0.1) is 11.0 Å². The molecule has 31 heavy (non-hydrogen) atoms. The van der Waals surface area contributed by atoms with Crippen molar-refractivity contribution < 1.29 is 0 Å². The Morgan fingerprint density at radius 2 is 1.58 bits per heavy atom. The molecule has 1 aromatic heterocycles. The Hall–Kier alpha value is -2.53. The van der Waals surface area contributed by atoms with Crippen molar-refractivity contribution in [3.63, 3.8) is 0 Å². The predicted molar refractivity (Wildman–Crippen MR) is 130 cm³/mol. The summed E-state index contributed by atoms with van der Waals surface area (Å²) in [6.07, 6.45) is 6.55. The number of imidazole rings is 1. The van der Waals surface area contributed by atoms with E-state index in [4.69, 9.17) is 4.98 Å². The SMILES string of the molecule is Cn1c(N[C@H]2CC[C@@H](CCN3CCN(c4ccccc4)CC3)CC2)nc2ccccc21. The summed E-state index contributed by atoms with van der Waals surface area (Å²) >= 11 is 0.